The molecule has 0 N–H and O–H groups in total. The lowest BCUT2D eigenvalue weighted by Crippen LogP contribution is -2.39. The zero-order chi connectivity index (χ0) is 23.1. The van der Waals surface area contributed by atoms with Crippen LogP contribution in [-0.2, 0) is 24.9 Å². The molecule has 1 aliphatic rings. The smallest absolute Gasteiger partial charge is 0.332 e. The van der Waals surface area contributed by atoms with E-state index in [4.69, 9.17) is 4.74 Å². The van der Waals surface area contributed by atoms with Gasteiger partial charge in [-0.1, -0.05) is 12.1 Å². The zero-order valence-corrected chi connectivity index (χ0v) is 18.8. The second-order valence-electron chi connectivity index (χ2n) is 8.54. The molecule has 5 rings (SSSR count). The van der Waals surface area contributed by atoms with Crippen molar-refractivity contribution < 1.29 is 9.13 Å². The summed E-state index contributed by atoms with van der Waals surface area (Å²) in [6.07, 6.45) is 2.84. The van der Waals surface area contributed by atoms with Gasteiger partial charge in [-0.05, 0) is 31.0 Å². The fourth-order valence-corrected chi connectivity index (χ4v) is 4.52. The normalized spacial score (nSPS) is 15.1. The summed E-state index contributed by atoms with van der Waals surface area (Å²) in [6.45, 7) is 7.24. The first-order valence-electron chi connectivity index (χ1n) is 11.2. The molecule has 0 atom stereocenters. The van der Waals surface area contributed by atoms with Gasteiger partial charge < -0.3 is 9.30 Å². The summed E-state index contributed by atoms with van der Waals surface area (Å²) in [4.78, 5) is 33.4. The molecule has 4 aromatic rings. The van der Waals surface area contributed by atoms with Crippen molar-refractivity contribution in [2.45, 2.75) is 26.4 Å². The monoisotopic (exact) mass is 454 g/mol. The number of nitrogens with zero attached hydrogens (tertiary/aromatic N) is 6. The van der Waals surface area contributed by atoms with Crippen molar-refractivity contribution in [3.8, 4) is 0 Å². The molecular weight excluding hydrogens is 427 g/mol. The zero-order valence-electron chi connectivity index (χ0n) is 18.8. The van der Waals surface area contributed by atoms with E-state index in [1.54, 1.807) is 23.6 Å². The van der Waals surface area contributed by atoms with Gasteiger partial charge in [0.05, 0.1) is 19.8 Å². The van der Waals surface area contributed by atoms with Crippen LogP contribution in [0, 0.1) is 12.7 Å². The largest absolute Gasteiger partial charge is 0.379 e. The van der Waals surface area contributed by atoms with Crippen molar-refractivity contribution in [3.05, 3.63) is 68.4 Å². The molecule has 9 nitrogen and oxygen atoms in total. The third-order valence-electron chi connectivity index (χ3n) is 6.35. The van der Waals surface area contributed by atoms with Crippen molar-refractivity contribution >= 4 is 16.9 Å². The van der Waals surface area contributed by atoms with Crippen molar-refractivity contribution in [2.24, 2.45) is 7.05 Å². The molecule has 1 aromatic carbocycles. The van der Waals surface area contributed by atoms with Gasteiger partial charge >= 0.3 is 5.69 Å². The second kappa shape index (κ2) is 8.60. The Kier molecular flexibility index (Phi) is 5.63. The number of halogens is 1. The van der Waals surface area contributed by atoms with E-state index in [0.29, 0.717) is 22.5 Å². The molecule has 1 saturated heterocycles. The molecule has 1 fully saturated rings. The van der Waals surface area contributed by atoms with Crippen LogP contribution in [0.1, 0.15) is 17.7 Å². The van der Waals surface area contributed by atoms with Gasteiger partial charge in [-0.15, -0.1) is 0 Å². The fourth-order valence-electron chi connectivity index (χ4n) is 4.52. The van der Waals surface area contributed by atoms with Crippen LogP contribution in [-0.4, -0.2) is 60.8 Å². The number of rotatable bonds is 6. The van der Waals surface area contributed by atoms with Gasteiger partial charge in [-0.2, -0.15) is 4.98 Å². The van der Waals surface area contributed by atoms with Crippen LogP contribution in [0.5, 0.6) is 0 Å². The summed E-state index contributed by atoms with van der Waals surface area (Å²) in [5.41, 5.74) is 1.54. The third-order valence-corrected chi connectivity index (χ3v) is 6.35. The van der Waals surface area contributed by atoms with Crippen LogP contribution < -0.4 is 11.2 Å². The van der Waals surface area contributed by atoms with Gasteiger partial charge in [0.2, 0.25) is 5.78 Å². The quantitative estimate of drug-likeness (QED) is 0.440. The Bertz CT molecular complexity index is 1420. The van der Waals surface area contributed by atoms with E-state index in [0.717, 1.165) is 51.5 Å². The molecule has 0 saturated carbocycles. The molecule has 0 aliphatic carbocycles. The maximum Gasteiger partial charge on any atom is 0.332 e. The van der Waals surface area contributed by atoms with Crippen LogP contribution in [0.3, 0.4) is 0 Å². The highest BCUT2D eigenvalue weighted by Crippen LogP contribution is 2.17. The highest BCUT2D eigenvalue weighted by molar-refractivity contribution is 5.75. The van der Waals surface area contributed by atoms with Gasteiger partial charge in [0.15, 0.2) is 11.2 Å². The van der Waals surface area contributed by atoms with Gasteiger partial charge in [-0.25, -0.2) is 9.18 Å². The Labute approximate surface area is 189 Å². The molecule has 0 bridgehead atoms. The third kappa shape index (κ3) is 3.89. The summed E-state index contributed by atoms with van der Waals surface area (Å²) in [6, 6.07) is 5.79. The summed E-state index contributed by atoms with van der Waals surface area (Å²) >= 11 is 0. The SMILES string of the molecule is Cc1cn2c3c(=O)n(Cc4ccc(F)cc4)c(=O)n(C)c3nc2n1CCCN1CCOCC1. The van der Waals surface area contributed by atoms with Crippen molar-refractivity contribution in [3.63, 3.8) is 0 Å². The average Bonchev–Trinajstić information content (AvgIpc) is 3.33. The highest BCUT2D eigenvalue weighted by atomic mass is 19.1. The Balaban J connectivity index is 1.52. The number of ether oxygens (including phenoxy) is 1. The number of hydrogen-bond donors (Lipinski definition) is 0. The van der Waals surface area contributed by atoms with Crippen molar-refractivity contribution in [1.29, 1.82) is 0 Å². The molecule has 10 heteroatoms. The minimum absolute atomic E-state index is 0.0637. The molecule has 0 radical (unpaired) electrons. The Morgan fingerprint density at radius 1 is 1.06 bits per heavy atom. The number of morpholine rings is 1. The molecule has 0 unspecified atom stereocenters. The number of aromatic nitrogens is 5. The van der Waals surface area contributed by atoms with E-state index in [9.17, 15) is 14.0 Å². The Hall–Kier alpha value is -3.24. The van der Waals surface area contributed by atoms with Crippen LogP contribution in [0.2, 0.25) is 0 Å². The summed E-state index contributed by atoms with van der Waals surface area (Å²) < 4.78 is 25.1. The fraction of sp³-hybridized carbons (Fsp3) is 0.435. The lowest BCUT2D eigenvalue weighted by Gasteiger charge is -2.26. The van der Waals surface area contributed by atoms with E-state index < -0.39 is 11.2 Å². The minimum atomic E-state index is -0.451. The van der Waals surface area contributed by atoms with Crippen LogP contribution in [0.25, 0.3) is 16.9 Å². The summed E-state index contributed by atoms with van der Waals surface area (Å²) in [7, 11) is 1.62. The molecule has 174 valence electrons. The predicted molar refractivity (Wildman–Crippen MR) is 122 cm³/mol. The van der Waals surface area contributed by atoms with Crippen LogP contribution >= 0.6 is 0 Å². The van der Waals surface area contributed by atoms with Gasteiger partial charge in [0, 0.05) is 45.1 Å². The van der Waals surface area contributed by atoms with E-state index in [1.165, 1.54) is 21.3 Å². The standard InChI is InChI=1S/C23H27FN6O3/c1-16-14-29-19-20(25-22(29)28(16)9-3-8-27-10-12-33-13-11-27)26(2)23(32)30(21(19)31)15-17-4-6-18(24)7-5-17/h4-7,14H,3,8-13,15H2,1-2H3. The van der Waals surface area contributed by atoms with E-state index >= 15 is 0 Å². The van der Waals surface area contributed by atoms with E-state index in [2.05, 4.69) is 14.5 Å². The van der Waals surface area contributed by atoms with Gasteiger partial charge in [0.25, 0.3) is 5.56 Å². The molecule has 1 aliphatic heterocycles. The first-order valence-corrected chi connectivity index (χ1v) is 11.2. The molecule has 0 spiro atoms. The van der Waals surface area contributed by atoms with Gasteiger partial charge in [0.1, 0.15) is 5.82 Å². The highest BCUT2D eigenvalue weighted by Gasteiger charge is 2.20. The number of fused-ring (bicyclic) bond motifs is 3. The molecule has 4 heterocycles. The Morgan fingerprint density at radius 3 is 2.52 bits per heavy atom. The number of benzene rings is 1. The van der Waals surface area contributed by atoms with Crippen molar-refractivity contribution in [2.75, 3.05) is 32.8 Å². The first-order chi connectivity index (χ1) is 15.9. The second-order valence-corrected chi connectivity index (χ2v) is 8.54. The molecule has 0 amide bonds. The lowest BCUT2D eigenvalue weighted by molar-refractivity contribution is 0.0369. The summed E-state index contributed by atoms with van der Waals surface area (Å²) in [5.74, 6) is 0.286. The van der Waals surface area contributed by atoms with Crippen LogP contribution in [0.4, 0.5) is 4.39 Å². The van der Waals surface area contributed by atoms with E-state index in [-0.39, 0.29) is 12.4 Å². The average molecular weight is 455 g/mol. The predicted octanol–water partition coefficient (Wildman–Crippen LogP) is 1.37. The minimum Gasteiger partial charge on any atom is -0.379 e. The molecule has 33 heavy (non-hydrogen) atoms. The number of aryl methyl sites for hydroxylation is 3. The lowest BCUT2D eigenvalue weighted by atomic mass is 10.2. The Morgan fingerprint density at radius 2 is 1.79 bits per heavy atom. The van der Waals surface area contributed by atoms with Gasteiger partial charge in [-0.3, -0.25) is 23.2 Å². The van der Waals surface area contributed by atoms with Crippen LogP contribution in [0.15, 0.2) is 40.1 Å². The van der Waals surface area contributed by atoms with Crippen molar-refractivity contribution in [1.82, 2.24) is 28.0 Å². The number of hydrogen-bond acceptors (Lipinski definition) is 5. The maximum absolute atomic E-state index is 13.4. The topological polar surface area (TPSA) is 78.7 Å². The maximum atomic E-state index is 13.4. The summed E-state index contributed by atoms with van der Waals surface area (Å²) in [5, 5.41) is 0. The first kappa shape index (κ1) is 21.6. The molecule has 3 aromatic heterocycles. The number of imidazole rings is 2. The molecular formula is C23H27FN6O3. The van der Waals surface area contributed by atoms with E-state index in [1.807, 2.05) is 13.1 Å².